The first kappa shape index (κ1) is 19.2. The molecule has 1 aromatic rings. The van der Waals surface area contributed by atoms with Crippen molar-refractivity contribution in [1.29, 1.82) is 0 Å². The van der Waals surface area contributed by atoms with E-state index in [-0.39, 0.29) is 24.5 Å². The summed E-state index contributed by atoms with van der Waals surface area (Å²) >= 11 is 0. The standard InChI is InChI=1S/C19H28N2O4/c1-3-21(13-19(23)24)16-11-15(12-16)20-18(22)8-5-9-25-17-7-4-6-14(2)10-17/h4,6-7,10,15-16H,3,5,8-9,11-13H2,1-2H3,(H,20,22)(H,23,24). The van der Waals surface area contributed by atoms with E-state index in [0.29, 0.717) is 26.0 Å². The highest BCUT2D eigenvalue weighted by molar-refractivity contribution is 5.76. The number of benzene rings is 1. The summed E-state index contributed by atoms with van der Waals surface area (Å²) in [5, 5.41) is 11.9. The summed E-state index contributed by atoms with van der Waals surface area (Å²) in [6.07, 6.45) is 2.77. The molecule has 6 heteroatoms. The minimum atomic E-state index is -0.803. The highest BCUT2D eigenvalue weighted by Gasteiger charge is 2.34. The molecule has 1 fully saturated rings. The predicted molar refractivity (Wildman–Crippen MR) is 95.7 cm³/mol. The van der Waals surface area contributed by atoms with Crippen molar-refractivity contribution in [3.05, 3.63) is 29.8 Å². The summed E-state index contributed by atoms with van der Waals surface area (Å²) in [6.45, 7) is 5.28. The van der Waals surface area contributed by atoms with Gasteiger partial charge in [0.25, 0.3) is 0 Å². The van der Waals surface area contributed by atoms with Crippen LogP contribution in [0.3, 0.4) is 0 Å². The van der Waals surface area contributed by atoms with Crippen LogP contribution in [0.5, 0.6) is 5.75 Å². The van der Waals surface area contributed by atoms with Gasteiger partial charge in [-0.25, -0.2) is 0 Å². The number of rotatable bonds is 10. The first-order valence-electron chi connectivity index (χ1n) is 8.92. The van der Waals surface area contributed by atoms with Gasteiger partial charge in [-0.3, -0.25) is 14.5 Å². The molecular weight excluding hydrogens is 320 g/mol. The van der Waals surface area contributed by atoms with Crippen LogP contribution in [0, 0.1) is 6.92 Å². The fourth-order valence-electron chi connectivity index (χ4n) is 3.10. The number of aliphatic carboxylic acids is 1. The maximum atomic E-state index is 12.0. The number of hydrogen-bond donors (Lipinski definition) is 2. The number of nitrogens with zero attached hydrogens (tertiary/aromatic N) is 1. The van der Waals surface area contributed by atoms with E-state index in [1.54, 1.807) is 0 Å². The van der Waals surface area contributed by atoms with Crippen LogP contribution in [0.15, 0.2) is 24.3 Å². The number of carboxylic acids is 1. The highest BCUT2D eigenvalue weighted by atomic mass is 16.5. The first-order chi connectivity index (χ1) is 12.0. The number of likely N-dealkylation sites (N-methyl/N-ethyl adjacent to an activating group) is 1. The molecule has 0 aliphatic heterocycles. The van der Waals surface area contributed by atoms with E-state index in [1.165, 1.54) is 0 Å². The van der Waals surface area contributed by atoms with E-state index in [2.05, 4.69) is 5.32 Å². The third-order valence-electron chi connectivity index (χ3n) is 4.55. The zero-order valence-corrected chi connectivity index (χ0v) is 15.0. The number of carboxylic acid groups (broad SMARTS) is 1. The van der Waals surface area contributed by atoms with Gasteiger partial charge >= 0.3 is 5.97 Å². The SMILES string of the molecule is CCN(CC(=O)O)C1CC(NC(=O)CCCOc2cccc(C)c2)C1. The van der Waals surface area contributed by atoms with E-state index in [1.807, 2.05) is 43.0 Å². The van der Waals surface area contributed by atoms with Gasteiger partial charge in [0, 0.05) is 18.5 Å². The van der Waals surface area contributed by atoms with Crippen LogP contribution in [-0.4, -0.2) is 53.7 Å². The van der Waals surface area contributed by atoms with Crippen molar-refractivity contribution in [3.8, 4) is 5.75 Å². The molecule has 25 heavy (non-hydrogen) atoms. The Hall–Kier alpha value is -2.08. The smallest absolute Gasteiger partial charge is 0.317 e. The number of carbonyl (C=O) groups excluding carboxylic acids is 1. The number of hydrogen-bond acceptors (Lipinski definition) is 4. The maximum absolute atomic E-state index is 12.0. The number of carbonyl (C=O) groups is 2. The van der Waals surface area contributed by atoms with Crippen molar-refractivity contribution in [2.45, 2.75) is 51.6 Å². The fourth-order valence-corrected chi connectivity index (χ4v) is 3.10. The predicted octanol–water partition coefficient (Wildman–Crippen LogP) is 2.21. The molecule has 1 amide bonds. The molecule has 1 aromatic carbocycles. The lowest BCUT2D eigenvalue weighted by molar-refractivity contribution is -0.139. The fraction of sp³-hybridized carbons (Fsp3) is 0.579. The molecule has 0 aromatic heterocycles. The zero-order valence-electron chi connectivity index (χ0n) is 15.0. The number of nitrogens with one attached hydrogen (secondary N) is 1. The lowest BCUT2D eigenvalue weighted by atomic mass is 9.85. The van der Waals surface area contributed by atoms with Crippen molar-refractivity contribution in [2.24, 2.45) is 0 Å². The average molecular weight is 348 g/mol. The largest absolute Gasteiger partial charge is 0.494 e. The van der Waals surface area contributed by atoms with Gasteiger partial charge in [0.15, 0.2) is 0 Å². The van der Waals surface area contributed by atoms with Gasteiger partial charge in [0.1, 0.15) is 5.75 Å². The van der Waals surface area contributed by atoms with E-state index >= 15 is 0 Å². The van der Waals surface area contributed by atoms with Crippen LogP contribution in [0.1, 0.15) is 38.2 Å². The Balaban J connectivity index is 1.58. The summed E-state index contributed by atoms with van der Waals surface area (Å²) in [6, 6.07) is 8.29. The van der Waals surface area contributed by atoms with E-state index in [4.69, 9.17) is 9.84 Å². The number of aryl methyl sites for hydroxylation is 1. The topological polar surface area (TPSA) is 78.9 Å². The second kappa shape index (κ2) is 9.42. The molecular formula is C19H28N2O4. The quantitative estimate of drug-likeness (QED) is 0.634. The maximum Gasteiger partial charge on any atom is 0.317 e. The molecule has 0 spiro atoms. The molecule has 138 valence electrons. The molecule has 0 radical (unpaired) electrons. The summed E-state index contributed by atoms with van der Waals surface area (Å²) in [7, 11) is 0. The average Bonchev–Trinajstić information content (AvgIpc) is 2.52. The highest BCUT2D eigenvalue weighted by Crippen LogP contribution is 2.25. The Bertz CT molecular complexity index is 585. The Kier molecular flexibility index (Phi) is 7.25. The normalized spacial score (nSPS) is 19.3. The summed E-state index contributed by atoms with van der Waals surface area (Å²) in [4.78, 5) is 24.7. The molecule has 0 atom stereocenters. The van der Waals surface area contributed by atoms with E-state index < -0.39 is 5.97 Å². The summed E-state index contributed by atoms with van der Waals surface area (Å²) < 4.78 is 5.64. The molecule has 1 aliphatic carbocycles. The Morgan fingerprint density at radius 2 is 2.12 bits per heavy atom. The van der Waals surface area contributed by atoms with Gasteiger partial charge in [-0.2, -0.15) is 0 Å². The second-order valence-corrected chi connectivity index (χ2v) is 6.62. The second-order valence-electron chi connectivity index (χ2n) is 6.62. The third kappa shape index (κ3) is 6.38. The Morgan fingerprint density at radius 1 is 1.36 bits per heavy atom. The van der Waals surface area contributed by atoms with Crippen LogP contribution >= 0.6 is 0 Å². The molecule has 6 nitrogen and oxygen atoms in total. The number of amides is 1. The van der Waals surface area contributed by atoms with Crippen LogP contribution < -0.4 is 10.1 Å². The molecule has 1 saturated carbocycles. The molecule has 0 unspecified atom stereocenters. The van der Waals surface area contributed by atoms with Gasteiger partial charge in [-0.15, -0.1) is 0 Å². The van der Waals surface area contributed by atoms with Gasteiger partial charge < -0.3 is 15.2 Å². The van der Waals surface area contributed by atoms with Gasteiger partial charge in [-0.05, 0) is 50.4 Å². The third-order valence-corrected chi connectivity index (χ3v) is 4.55. The lowest BCUT2D eigenvalue weighted by Crippen LogP contribution is -2.54. The van der Waals surface area contributed by atoms with Crippen LogP contribution in [-0.2, 0) is 9.59 Å². The monoisotopic (exact) mass is 348 g/mol. The molecule has 2 N–H and O–H groups in total. The van der Waals surface area contributed by atoms with Crippen molar-refractivity contribution in [1.82, 2.24) is 10.2 Å². The van der Waals surface area contributed by atoms with E-state index in [9.17, 15) is 9.59 Å². The molecule has 0 bridgehead atoms. The first-order valence-corrected chi connectivity index (χ1v) is 8.92. The van der Waals surface area contributed by atoms with Crippen LogP contribution in [0.2, 0.25) is 0 Å². The summed E-state index contributed by atoms with van der Waals surface area (Å²) in [5.41, 5.74) is 1.15. The zero-order chi connectivity index (χ0) is 18.2. The van der Waals surface area contributed by atoms with Crippen LogP contribution in [0.25, 0.3) is 0 Å². The Labute approximate surface area is 149 Å². The number of ether oxygens (including phenoxy) is 1. The Morgan fingerprint density at radius 3 is 2.76 bits per heavy atom. The van der Waals surface area contributed by atoms with Gasteiger partial charge in [-0.1, -0.05) is 19.1 Å². The van der Waals surface area contributed by atoms with Crippen molar-refractivity contribution >= 4 is 11.9 Å². The van der Waals surface area contributed by atoms with Gasteiger partial charge in [0.05, 0.1) is 13.2 Å². The lowest BCUT2D eigenvalue weighted by Gasteiger charge is -2.42. The van der Waals surface area contributed by atoms with Crippen LogP contribution in [0.4, 0.5) is 0 Å². The van der Waals surface area contributed by atoms with Gasteiger partial charge in [0.2, 0.25) is 5.91 Å². The molecule has 0 saturated heterocycles. The minimum absolute atomic E-state index is 0.0394. The molecule has 0 heterocycles. The summed E-state index contributed by atoms with van der Waals surface area (Å²) in [5.74, 6) is 0.0702. The van der Waals surface area contributed by atoms with Crippen molar-refractivity contribution in [3.63, 3.8) is 0 Å². The molecule has 1 aliphatic rings. The molecule has 2 rings (SSSR count). The van der Waals surface area contributed by atoms with Crippen molar-refractivity contribution < 1.29 is 19.4 Å². The van der Waals surface area contributed by atoms with Crippen molar-refractivity contribution in [2.75, 3.05) is 19.7 Å². The minimum Gasteiger partial charge on any atom is -0.494 e. The van der Waals surface area contributed by atoms with E-state index in [0.717, 1.165) is 24.2 Å².